The number of benzene rings is 1. The smallest absolute Gasteiger partial charge is 0.301 e. The molecule has 0 atom stereocenters. The third-order valence-electron chi connectivity index (χ3n) is 3.39. The third-order valence-corrected chi connectivity index (χ3v) is 5.24. The lowest BCUT2D eigenvalue weighted by Crippen LogP contribution is -2.20. The minimum Gasteiger partial charge on any atom is -0.301 e. The summed E-state index contributed by atoms with van der Waals surface area (Å²) < 4.78 is 1.55. The third kappa shape index (κ3) is 4.80. The first kappa shape index (κ1) is 17.4. The highest BCUT2D eigenvalue weighted by atomic mass is 32.2. The number of rotatable bonds is 7. The van der Waals surface area contributed by atoms with Gasteiger partial charge in [0.25, 0.3) is 0 Å². The fourth-order valence-corrected chi connectivity index (χ4v) is 3.67. The summed E-state index contributed by atoms with van der Waals surface area (Å²) in [6.45, 7) is 2.38. The maximum Gasteiger partial charge on any atom is 0.343 e. The maximum atomic E-state index is 12.0. The normalized spacial score (nSPS) is 10.8. The molecule has 25 heavy (non-hydrogen) atoms. The summed E-state index contributed by atoms with van der Waals surface area (Å²) in [5.41, 5.74) is 1.74. The van der Waals surface area contributed by atoms with Gasteiger partial charge in [-0.1, -0.05) is 42.1 Å². The van der Waals surface area contributed by atoms with E-state index in [2.05, 4.69) is 20.5 Å². The molecule has 2 heterocycles. The zero-order valence-corrected chi connectivity index (χ0v) is 15.2. The highest BCUT2D eigenvalue weighted by Gasteiger charge is 2.12. The topological polar surface area (TPSA) is 92.7 Å². The number of anilines is 1. The van der Waals surface area contributed by atoms with Gasteiger partial charge in [-0.25, -0.2) is 14.9 Å². The van der Waals surface area contributed by atoms with Gasteiger partial charge in [-0.05, 0) is 18.9 Å². The number of carbonyl (C=O) groups is 1. The molecule has 1 amide bonds. The largest absolute Gasteiger partial charge is 0.343 e. The van der Waals surface area contributed by atoms with Gasteiger partial charge in [0.15, 0.2) is 10.3 Å². The lowest BCUT2D eigenvalue weighted by molar-refractivity contribution is -0.113. The molecule has 0 aliphatic carbocycles. The van der Waals surface area contributed by atoms with Crippen LogP contribution in [0.1, 0.15) is 11.3 Å². The van der Waals surface area contributed by atoms with Gasteiger partial charge >= 0.3 is 5.69 Å². The molecular formula is C16H17N5O2S2. The van der Waals surface area contributed by atoms with Gasteiger partial charge < -0.3 is 5.32 Å². The molecule has 130 valence electrons. The Morgan fingerprint density at radius 3 is 2.88 bits per heavy atom. The standard InChI is InChI=1S/C16H17N5O2S2/c1-11-9-24-14(17-11)18-13(22)10-25-16-20-19-15(23)21(16)8-7-12-5-3-2-4-6-12/h2-6,9H,7-8,10H2,1H3,(H,19,23)(H,17,18,22). The van der Waals surface area contributed by atoms with Crippen molar-refractivity contribution in [2.75, 3.05) is 11.1 Å². The highest BCUT2D eigenvalue weighted by Crippen LogP contribution is 2.17. The molecule has 0 radical (unpaired) electrons. The quantitative estimate of drug-likeness (QED) is 0.618. The summed E-state index contributed by atoms with van der Waals surface area (Å²) >= 11 is 2.61. The van der Waals surface area contributed by atoms with Gasteiger partial charge in [0, 0.05) is 11.9 Å². The van der Waals surface area contributed by atoms with E-state index in [9.17, 15) is 9.59 Å². The Balaban J connectivity index is 1.57. The van der Waals surface area contributed by atoms with Gasteiger partial charge in [-0.2, -0.15) is 0 Å². The molecular weight excluding hydrogens is 358 g/mol. The van der Waals surface area contributed by atoms with Crippen molar-refractivity contribution < 1.29 is 4.79 Å². The Hall–Kier alpha value is -2.39. The second-order valence-electron chi connectivity index (χ2n) is 5.33. The summed E-state index contributed by atoms with van der Waals surface area (Å²) in [6, 6.07) is 9.92. The summed E-state index contributed by atoms with van der Waals surface area (Å²) in [4.78, 5) is 28.1. The monoisotopic (exact) mass is 375 g/mol. The molecule has 0 saturated heterocycles. The minimum atomic E-state index is -0.269. The van der Waals surface area contributed by atoms with Crippen LogP contribution in [0.5, 0.6) is 0 Å². The van der Waals surface area contributed by atoms with Crippen molar-refractivity contribution >= 4 is 34.1 Å². The van der Waals surface area contributed by atoms with E-state index in [0.717, 1.165) is 17.7 Å². The van der Waals surface area contributed by atoms with Gasteiger partial charge in [0.05, 0.1) is 11.4 Å². The Bertz CT molecular complexity index is 901. The molecule has 0 bridgehead atoms. The molecule has 0 saturated carbocycles. The number of nitrogens with one attached hydrogen (secondary N) is 2. The number of aromatic amines is 1. The maximum absolute atomic E-state index is 12.0. The van der Waals surface area contributed by atoms with Crippen molar-refractivity contribution in [1.29, 1.82) is 0 Å². The number of hydrogen-bond donors (Lipinski definition) is 2. The van der Waals surface area contributed by atoms with Crippen LogP contribution < -0.4 is 11.0 Å². The van der Waals surface area contributed by atoms with Crippen LogP contribution >= 0.6 is 23.1 Å². The van der Waals surface area contributed by atoms with E-state index >= 15 is 0 Å². The Morgan fingerprint density at radius 2 is 2.16 bits per heavy atom. The van der Waals surface area contributed by atoms with Crippen molar-refractivity contribution in [2.24, 2.45) is 0 Å². The molecule has 0 fully saturated rings. The average Bonchev–Trinajstić information content (AvgIpc) is 3.17. The summed E-state index contributed by atoms with van der Waals surface area (Å²) in [5, 5.41) is 12.1. The van der Waals surface area contributed by atoms with Crippen LogP contribution in [0, 0.1) is 6.92 Å². The average molecular weight is 375 g/mol. The number of hydrogen-bond acceptors (Lipinski definition) is 6. The van der Waals surface area contributed by atoms with Crippen LogP contribution in [0.4, 0.5) is 5.13 Å². The van der Waals surface area contributed by atoms with Crippen molar-refractivity contribution in [3.05, 3.63) is 57.5 Å². The predicted octanol–water partition coefficient (Wildman–Crippen LogP) is 2.31. The first-order valence-corrected chi connectivity index (χ1v) is 9.52. The Kier molecular flexibility index (Phi) is 5.67. The predicted molar refractivity (Wildman–Crippen MR) is 99.2 cm³/mol. The van der Waals surface area contributed by atoms with Crippen molar-refractivity contribution in [1.82, 2.24) is 19.7 Å². The van der Waals surface area contributed by atoms with E-state index in [0.29, 0.717) is 16.8 Å². The second kappa shape index (κ2) is 8.13. The lowest BCUT2D eigenvalue weighted by Gasteiger charge is -2.05. The van der Waals surface area contributed by atoms with Gasteiger partial charge in [0.1, 0.15) is 0 Å². The highest BCUT2D eigenvalue weighted by molar-refractivity contribution is 7.99. The number of amides is 1. The van der Waals surface area contributed by atoms with Gasteiger partial charge in [-0.15, -0.1) is 16.4 Å². The zero-order valence-electron chi connectivity index (χ0n) is 13.6. The summed E-state index contributed by atoms with van der Waals surface area (Å²) in [5.74, 6) is -0.0155. The Morgan fingerprint density at radius 1 is 1.36 bits per heavy atom. The number of aromatic nitrogens is 4. The fourth-order valence-electron chi connectivity index (χ4n) is 2.19. The number of thioether (sulfide) groups is 1. The molecule has 7 nitrogen and oxygen atoms in total. The van der Waals surface area contributed by atoms with Crippen molar-refractivity contribution in [3.63, 3.8) is 0 Å². The van der Waals surface area contributed by atoms with Crippen LogP contribution in [0.15, 0.2) is 45.7 Å². The van der Waals surface area contributed by atoms with E-state index in [1.807, 2.05) is 42.6 Å². The molecule has 0 unspecified atom stereocenters. The van der Waals surface area contributed by atoms with Gasteiger partial charge in [0.2, 0.25) is 5.91 Å². The number of H-pyrrole nitrogens is 1. The van der Waals surface area contributed by atoms with Crippen LogP contribution in [0.3, 0.4) is 0 Å². The number of thiazole rings is 1. The van der Waals surface area contributed by atoms with Crippen LogP contribution in [0.25, 0.3) is 0 Å². The van der Waals surface area contributed by atoms with E-state index in [-0.39, 0.29) is 17.3 Å². The fraction of sp³-hybridized carbons (Fsp3) is 0.250. The summed E-state index contributed by atoms with van der Waals surface area (Å²) in [7, 11) is 0. The van der Waals surface area contributed by atoms with Gasteiger partial charge in [-0.3, -0.25) is 9.36 Å². The SMILES string of the molecule is Cc1csc(NC(=O)CSc2n[nH]c(=O)n2CCc2ccccc2)n1. The first-order valence-electron chi connectivity index (χ1n) is 7.66. The van der Waals surface area contributed by atoms with Crippen LogP contribution in [0.2, 0.25) is 0 Å². The molecule has 3 rings (SSSR count). The van der Waals surface area contributed by atoms with Crippen molar-refractivity contribution in [3.8, 4) is 0 Å². The minimum absolute atomic E-state index is 0.161. The van der Waals surface area contributed by atoms with Crippen LogP contribution in [-0.2, 0) is 17.8 Å². The van der Waals surface area contributed by atoms with E-state index < -0.39 is 0 Å². The molecule has 3 aromatic rings. The molecule has 0 aliphatic heterocycles. The number of carbonyl (C=O) groups excluding carboxylic acids is 1. The van der Waals surface area contributed by atoms with E-state index in [1.54, 1.807) is 4.57 Å². The molecule has 0 aliphatic rings. The molecule has 0 spiro atoms. The zero-order chi connectivity index (χ0) is 17.6. The Labute approximate surface area is 152 Å². The van der Waals surface area contributed by atoms with E-state index in [1.165, 1.54) is 23.1 Å². The van der Waals surface area contributed by atoms with E-state index in [4.69, 9.17) is 0 Å². The van der Waals surface area contributed by atoms with Crippen LogP contribution in [-0.4, -0.2) is 31.4 Å². The lowest BCUT2D eigenvalue weighted by atomic mass is 10.1. The molecule has 2 N–H and O–H groups in total. The second-order valence-corrected chi connectivity index (χ2v) is 7.13. The number of nitrogens with zero attached hydrogens (tertiary/aromatic N) is 3. The molecule has 9 heteroatoms. The summed E-state index contributed by atoms with van der Waals surface area (Å²) in [6.07, 6.45) is 0.721. The van der Waals surface area contributed by atoms with Crippen molar-refractivity contribution in [2.45, 2.75) is 25.0 Å². The first-order chi connectivity index (χ1) is 12.1. The molecule has 1 aromatic carbocycles. The molecule has 2 aromatic heterocycles. The number of aryl methyl sites for hydroxylation is 2.